The van der Waals surface area contributed by atoms with Crippen LogP contribution < -0.4 is 5.73 Å². The average Bonchev–Trinajstić information content (AvgIpc) is 2.76. The predicted octanol–water partition coefficient (Wildman–Crippen LogP) is 1.08. The van der Waals surface area contributed by atoms with E-state index >= 15 is 0 Å². The summed E-state index contributed by atoms with van der Waals surface area (Å²) >= 11 is 0. The third kappa shape index (κ3) is 4.85. The summed E-state index contributed by atoms with van der Waals surface area (Å²) in [6, 6.07) is -0.111. The molecule has 122 valence electrons. The molecule has 2 N–H and O–H groups in total. The predicted molar refractivity (Wildman–Crippen MR) is 85.9 cm³/mol. The number of morpholine rings is 1. The van der Waals surface area contributed by atoms with Crippen molar-refractivity contribution >= 4 is 30.7 Å². The molecule has 2 atom stereocenters. The molecule has 1 amide bonds. The number of ether oxygens (including phenoxy) is 1. The fraction of sp³-hybridized carbons (Fsp3) is 0.692. The number of nitrogens with zero attached hydrogens (tertiary/aromatic N) is 3. The van der Waals surface area contributed by atoms with Gasteiger partial charge in [-0.2, -0.15) is 5.10 Å². The molecule has 0 radical (unpaired) electrons. The summed E-state index contributed by atoms with van der Waals surface area (Å²) in [6.45, 7) is 5.55. The molecule has 1 aliphatic heterocycles. The highest BCUT2D eigenvalue weighted by molar-refractivity contribution is 5.85. The van der Waals surface area contributed by atoms with Crippen LogP contribution in [0.2, 0.25) is 0 Å². The first kappa shape index (κ1) is 20.2. The number of aromatic nitrogens is 2. The van der Waals surface area contributed by atoms with E-state index in [4.69, 9.17) is 10.5 Å². The lowest BCUT2D eigenvalue weighted by Crippen LogP contribution is -2.51. The Morgan fingerprint density at radius 2 is 2.24 bits per heavy atom. The van der Waals surface area contributed by atoms with Gasteiger partial charge in [-0.05, 0) is 13.8 Å². The van der Waals surface area contributed by atoms with Crippen LogP contribution in [0.3, 0.4) is 0 Å². The Hall–Kier alpha value is -0.820. The maximum Gasteiger partial charge on any atom is 0.224 e. The summed E-state index contributed by atoms with van der Waals surface area (Å²) < 4.78 is 7.61. The van der Waals surface area contributed by atoms with E-state index < -0.39 is 5.60 Å². The molecule has 6 nitrogen and oxygen atoms in total. The standard InChI is InChI=1S/C13H22N4O2.2ClH/c1-10(14)6-12(18)17-4-5-19-13(2,9-17)11-7-15-16(3)8-11;;/h7-8,10H,4-6,9,14H2,1-3H3;2*1H. The zero-order valence-corrected chi connectivity index (χ0v) is 14.2. The van der Waals surface area contributed by atoms with Gasteiger partial charge in [0.05, 0.1) is 19.3 Å². The number of nitrogens with two attached hydrogens (primary N) is 1. The third-order valence-corrected chi connectivity index (χ3v) is 3.44. The van der Waals surface area contributed by atoms with Crippen molar-refractivity contribution in [2.45, 2.75) is 31.9 Å². The van der Waals surface area contributed by atoms with E-state index in [1.807, 2.05) is 32.0 Å². The van der Waals surface area contributed by atoms with E-state index in [0.717, 1.165) is 5.56 Å². The maximum absolute atomic E-state index is 12.1. The number of hydrogen-bond donors (Lipinski definition) is 1. The van der Waals surface area contributed by atoms with Crippen LogP contribution in [0.1, 0.15) is 25.8 Å². The van der Waals surface area contributed by atoms with Crippen LogP contribution in [0.4, 0.5) is 0 Å². The summed E-state index contributed by atoms with van der Waals surface area (Å²) in [5, 5.41) is 4.17. The van der Waals surface area contributed by atoms with Crippen molar-refractivity contribution in [1.82, 2.24) is 14.7 Å². The van der Waals surface area contributed by atoms with Gasteiger partial charge in [0.2, 0.25) is 5.91 Å². The van der Waals surface area contributed by atoms with E-state index in [-0.39, 0.29) is 36.8 Å². The minimum absolute atomic E-state index is 0. The number of carbonyl (C=O) groups is 1. The van der Waals surface area contributed by atoms with Crippen LogP contribution in [0.15, 0.2) is 12.4 Å². The van der Waals surface area contributed by atoms with Crippen molar-refractivity contribution in [2.75, 3.05) is 19.7 Å². The third-order valence-electron chi connectivity index (χ3n) is 3.44. The highest BCUT2D eigenvalue weighted by Gasteiger charge is 2.36. The van der Waals surface area contributed by atoms with Crippen molar-refractivity contribution < 1.29 is 9.53 Å². The SMILES string of the molecule is CC(N)CC(=O)N1CCOC(C)(c2cnn(C)c2)C1.Cl.Cl. The lowest BCUT2D eigenvalue weighted by Gasteiger charge is -2.40. The Morgan fingerprint density at radius 3 is 2.76 bits per heavy atom. The summed E-state index contributed by atoms with van der Waals surface area (Å²) in [5.41, 5.74) is 6.20. The normalized spacial score (nSPS) is 23.0. The number of halogens is 2. The monoisotopic (exact) mass is 338 g/mol. The smallest absolute Gasteiger partial charge is 0.224 e. The molecule has 21 heavy (non-hydrogen) atoms. The van der Waals surface area contributed by atoms with Crippen LogP contribution in [0, 0.1) is 0 Å². The maximum atomic E-state index is 12.1. The summed E-state index contributed by atoms with van der Waals surface area (Å²) in [4.78, 5) is 13.9. The molecule has 1 saturated heterocycles. The molecule has 2 rings (SSSR count). The van der Waals surface area contributed by atoms with Crippen molar-refractivity contribution in [3.8, 4) is 0 Å². The molecule has 1 fully saturated rings. The molecule has 0 spiro atoms. The second-order valence-electron chi connectivity index (χ2n) is 5.48. The number of amides is 1. The molecule has 1 aromatic heterocycles. The van der Waals surface area contributed by atoms with Gasteiger partial charge in [0.1, 0.15) is 5.60 Å². The quantitative estimate of drug-likeness (QED) is 0.894. The molecule has 2 unspecified atom stereocenters. The average molecular weight is 339 g/mol. The lowest BCUT2D eigenvalue weighted by molar-refractivity contribution is -0.149. The van der Waals surface area contributed by atoms with Crippen molar-refractivity contribution in [3.05, 3.63) is 18.0 Å². The highest BCUT2D eigenvalue weighted by atomic mass is 35.5. The molecule has 0 saturated carbocycles. The fourth-order valence-corrected chi connectivity index (χ4v) is 2.36. The Morgan fingerprint density at radius 1 is 1.57 bits per heavy atom. The molecule has 1 aliphatic rings. The largest absolute Gasteiger partial charge is 0.367 e. The van der Waals surface area contributed by atoms with Gasteiger partial charge in [-0.15, -0.1) is 24.8 Å². The van der Waals surface area contributed by atoms with Crippen molar-refractivity contribution in [3.63, 3.8) is 0 Å². The highest BCUT2D eigenvalue weighted by Crippen LogP contribution is 2.29. The van der Waals surface area contributed by atoms with E-state index in [1.165, 1.54) is 0 Å². The Bertz CT molecular complexity index is 467. The molecule has 0 aromatic carbocycles. The molecule has 0 bridgehead atoms. The second kappa shape index (κ2) is 7.98. The van der Waals surface area contributed by atoms with E-state index in [9.17, 15) is 4.79 Å². The first-order valence-electron chi connectivity index (χ1n) is 6.57. The van der Waals surface area contributed by atoms with E-state index in [0.29, 0.717) is 26.1 Å². The zero-order chi connectivity index (χ0) is 14.0. The van der Waals surface area contributed by atoms with Crippen molar-refractivity contribution in [1.29, 1.82) is 0 Å². The molecular weight excluding hydrogens is 315 g/mol. The molecular formula is C13H24Cl2N4O2. The van der Waals surface area contributed by atoms with Gasteiger partial charge < -0.3 is 15.4 Å². The van der Waals surface area contributed by atoms with Gasteiger partial charge in [0, 0.05) is 37.8 Å². The minimum atomic E-state index is -0.486. The van der Waals surface area contributed by atoms with Gasteiger partial charge in [-0.3, -0.25) is 9.48 Å². The first-order chi connectivity index (χ1) is 8.90. The summed E-state index contributed by atoms with van der Waals surface area (Å²) in [7, 11) is 1.87. The second-order valence-corrected chi connectivity index (χ2v) is 5.48. The number of carbonyl (C=O) groups excluding carboxylic acids is 1. The topological polar surface area (TPSA) is 73.4 Å². The fourth-order valence-electron chi connectivity index (χ4n) is 2.36. The summed E-state index contributed by atoms with van der Waals surface area (Å²) in [6.07, 6.45) is 4.10. The van der Waals surface area contributed by atoms with Crippen LogP contribution in [-0.2, 0) is 22.2 Å². The number of hydrogen-bond acceptors (Lipinski definition) is 4. The molecule has 0 aliphatic carbocycles. The lowest BCUT2D eigenvalue weighted by atomic mass is 9.96. The summed E-state index contributed by atoms with van der Waals surface area (Å²) in [5.74, 6) is 0.0911. The van der Waals surface area contributed by atoms with Crippen LogP contribution >= 0.6 is 24.8 Å². The Balaban J connectivity index is 0.00000200. The zero-order valence-electron chi connectivity index (χ0n) is 12.6. The minimum Gasteiger partial charge on any atom is -0.367 e. The first-order valence-corrected chi connectivity index (χ1v) is 6.57. The Labute approximate surface area is 137 Å². The number of aryl methyl sites for hydroxylation is 1. The van der Waals surface area contributed by atoms with Gasteiger partial charge in [-0.25, -0.2) is 0 Å². The van der Waals surface area contributed by atoms with Crippen LogP contribution in [0.5, 0.6) is 0 Å². The van der Waals surface area contributed by atoms with E-state index in [1.54, 1.807) is 10.9 Å². The number of rotatable bonds is 3. The van der Waals surface area contributed by atoms with Gasteiger partial charge in [0.15, 0.2) is 0 Å². The van der Waals surface area contributed by atoms with Gasteiger partial charge in [0.25, 0.3) is 0 Å². The molecule has 2 heterocycles. The molecule has 1 aromatic rings. The van der Waals surface area contributed by atoms with Crippen LogP contribution in [-0.4, -0.2) is 46.3 Å². The van der Waals surface area contributed by atoms with Gasteiger partial charge >= 0.3 is 0 Å². The van der Waals surface area contributed by atoms with Gasteiger partial charge in [-0.1, -0.05) is 0 Å². The van der Waals surface area contributed by atoms with E-state index in [2.05, 4.69) is 5.10 Å². The van der Waals surface area contributed by atoms with Crippen molar-refractivity contribution in [2.24, 2.45) is 12.8 Å². The Kier molecular flexibility index (Phi) is 7.67. The molecule has 8 heteroatoms. The van der Waals surface area contributed by atoms with Crippen LogP contribution in [0.25, 0.3) is 0 Å².